The van der Waals surface area contributed by atoms with E-state index in [4.69, 9.17) is 92.2 Å². The van der Waals surface area contributed by atoms with Crippen molar-refractivity contribution in [3.63, 3.8) is 0 Å². The van der Waals surface area contributed by atoms with E-state index in [0.717, 1.165) is 161 Å². The molecule has 0 spiro atoms. The molecule has 12 aromatic rings. The number of carbonyl (C=O) groups is 8. The van der Waals surface area contributed by atoms with Gasteiger partial charge in [0.15, 0.2) is 0 Å². The highest BCUT2D eigenvalue weighted by Crippen LogP contribution is 2.50. The highest BCUT2D eigenvalue weighted by atomic mass is 35.5. The number of nitrogens with one attached hydrogen (secondary N) is 4. The van der Waals surface area contributed by atoms with E-state index in [2.05, 4.69) is 21.3 Å². The number of methoxy groups -OCH3 is 6. The Morgan fingerprint density at radius 3 is 0.993 bits per heavy atom. The second-order valence-electron chi connectivity index (χ2n) is 34.4. The summed E-state index contributed by atoms with van der Waals surface area (Å²) in [6, 6.07) is 34.4. The number of aryl methyl sites for hydroxylation is 1. The first kappa shape index (κ1) is 112. The molecule has 11 aromatic carbocycles. The number of rotatable bonds is 29. The number of fused-ring (bicyclic) bond motifs is 4. The normalized spacial score (nSPS) is 13.2. The van der Waals surface area contributed by atoms with Crippen LogP contribution in [0, 0.1) is 63.7 Å². The van der Waals surface area contributed by atoms with Crippen LogP contribution in [0.4, 0.5) is 39.5 Å². The average molecular weight is 2130 g/mol. The smallest absolute Gasteiger partial charge is 0.330 e. The molecule has 1 aromatic heterocycles. The second kappa shape index (κ2) is 50.8. The molecule has 4 aliphatic heterocycles. The van der Waals surface area contributed by atoms with Crippen molar-refractivity contribution in [1.82, 2.24) is 30.4 Å². The second-order valence-corrected chi connectivity index (χ2v) is 35.6. The number of amides is 4. The van der Waals surface area contributed by atoms with E-state index in [1.54, 1.807) is 68.8 Å². The van der Waals surface area contributed by atoms with E-state index in [1.807, 2.05) is 37.3 Å². The lowest BCUT2D eigenvalue weighted by Crippen LogP contribution is -2.43. The zero-order valence-corrected chi connectivity index (χ0v) is 84.4. The minimum absolute atomic E-state index is 0.0154. The first-order chi connectivity index (χ1) is 72.0. The summed E-state index contributed by atoms with van der Waals surface area (Å²) >= 11 is 19.0. The number of ether oxygens (including phenoxy) is 11. The first-order valence-corrected chi connectivity index (χ1v) is 48.0. The molecule has 4 aliphatic rings. The summed E-state index contributed by atoms with van der Waals surface area (Å²) in [5.41, 5.74) is 7.64. The summed E-state index contributed by atoms with van der Waals surface area (Å²) in [6.45, 7) is 4.68. The third kappa shape index (κ3) is 25.5. The SMILES string of the molecule is CCOCc1cc(OC)c(-c2ccc(C[C@H](NC(=O)c3c(F)cccc3F)C(=O)OC)c3c2OCCC3)c(OC)c1.COC(=O)[C@H](Cc1ccc(-c2c(Cl)cc(F)cc2Cl)c2c1CCCO2)NC(=O)c1c(F)cccc1F.COC(=O)[C@H](Cc1ccc(-c2ccc(C#N)cc2Cl)c2c1CCCO2)NC(=O)c1c(F)cccc1F.COC(=O)[C@H](Cc1ccc(-c2cn(C)c(=O)n(C)c2=O)c2c1CCCO2)NC(=O)c1c(F)cccc1F. The Hall–Kier alpha value is -15.7. The van der Waals surface area contributed by atoms with Gasteiger partial charge in [-0.05, 0) is 193 Å². The van der Waals surface area contributed by atoms with Crippen molar-refractivity contribution in [2.24, 2.45) is 14.1 Å². The Kier molecular flexibility index (Phi) is 37.8. The summed E-state index contributed by atoms with van der Waals surface area (Å²) in [5, 5.41) is 19.3. The van der Waals surface area contributed by atoms with Crippen molar-refractivity contribution < 1.29 is 130 Å². The van der Waals surface area contributed by atoms with Crippen LogP contribution in [-0.2, 0) is 115 Å². The standard InChI is InChI=1S/C31H33F2NO7.C27H21ClF2N2O4.C26H20Cl2F3NO4.C26H25F2N3O6/c1-5-40-17-18-14-25(37-2)27(26(15-18)38-3)21-12-11-19(20-8-7-13-41-29(20)21)16-24(31(36)39-4)34-30(35)28-22(32)9-6-10-23(28)33;1-35-27(34)23(32-26(33)24-21(29)5-2-6-22(24)30)13-16-8-10-19(25-17(16)4-3-11-36-25)18-9-7-15(14-31)12-20(18)28;1-35-26(34)21(32-25(33)23-19(30)5-2-6-20(23)31)10-13-7-8-16(24-15(13)4-3-9-36-24)22-17(27)11-14(29)12-18(22)28;1-30-13-17(24(33)31(2)26(30)35)16-10-9-14(15-6-5-11-37-22(15)16)12-20(25(34)36-3)29-23(32)21-18(27)7-4-8-19(21)28/h6,9-12,14-15,24H,5,7-8,13,16-17H2,1-4H3,(H,34,35);2,5-10,12,23H,3-4,11,13H2,1H3,(H,32,33);2,5-8,11-12,21H,3-4,9-10H2,1H3,(H,32,33);4,7-10,13,20H,5-6,11-12H2,1-3H3,(H,29,32)/t24-;23-;21-;20-/m0000/s1. The number of hydrogen-bond acceptors (Lipinski definition) is 22. The molecule has 40 heteroatoms. The van der Waals surface area contributed by atoms with Gasteiger partial charge in [0.2, 0.25) is 0 Å². The van der Waals surface area contributed by atoms with Crippen LogP contribution in [0.15, 0.2) is 180 Å². The summed E-state index contributed by atoms with van der Waals surface area (Å²) in [7, 11) is 10.7. The minimum atomic E-state index is -1.25. The van der Waals surface area contributed by atoms with Crippen molar-refractivity contribution in [3.05, 3.63) is 336 Å². The topological polar surface area (TPSA) is 354 Å². The van der Waals surface area contributed by atoms with Crippen molar-refractivity contribution in [2.75, 3.05) is 75.7 Å². The van der Waals surface area contributed by atoms with Gasteiger partial charge in [0.05, 0.1) is 108 Å². The van der Waals surface area contributed by atoms with Gasteiger partial charge < -0.3 is 77.9 Å². The van der Waals surface area contributed by atoms with Crippen molar-refractivity contribution in [2.45, 2.75) is 115 Å². The van der Waals surface area contributed by atoms with Crippen molar-refractivity contribution in [1.29, 1.82) is 5.26 Å². The lowest BCUT2D eigenvalue weighted by atomic mass is 9.89. The van der Waals surface area contributed by atoms with Crippen molar-refractivity contribution in [3.8, 4) is 85.1 Å². The van der Waals surface area contributed by atoms with E-state index >= 15 is 0 Å². The van der Waals surface area contributed by atoms with Crippen molar-refractivity contribution >= 4 is 82.3 Å². The Morgan fingerprint density at radius 1 is 0.393 bits per heavy atom. The van der Waals surface area contributed by atoms with Gasteiger partial charge in [-0.2, -0.15) is 5.26 Å². The fourth-order valence-electron chi connectivity index (χ4n) is 17.8. The molecule has 0 saturated heterocycles. The van der Waals surface area contributed by atoms with Crippen LogP contribution < -0.4 is 60.9 Å². The van der Waals surface area contributed by atoms with Gasteiger partial charge in [0.1, 0.15) is 133 Å². The maximum Gasteiger partial charge on any atom is 0.330 e. The fourth-order valence-corrected chi connectivity index (χ4v) is 18.8. The zero-order valence-electron chi connectivity index (χ0n) is 82.2. The predicted molar refractivity (Wildman–Crippen MR) is 535 cm³/mol. The van der Waals surface area contributed by atoms with Gasteiger partial charge in [-0.15, -0.1) is 0 Å². The van der Waals surface area contributed by atoms with Gasteiger partial charge >= 0.3 is 29.6 Å². The Balaban J connectivity index is 0.000000167. The predicted octanol–water partition coefficient (Wildman–Crippen LogP) is 17.8. The molecule has 150 heavy (non-hydrogen) atoms. The molecule has 4 N–H and O–H groups in total. The lowest BCUT2D eigenvalue weighted by molar-refractivity contribution is -0.143. The van der Waals surface area contributed by atoms with Crippen LogP contribution in [0.3, 0.4) is 0 Å². The molecule has 0 saturated carbocycles. The number of carbonyl (C=O) groups excluding carboxylic acids is 8. The molecule has 16 rings (SSSR count). The number of nitriles is 1. The largest absolute Gasteiger partial charge is 0.496 e. The van der Waals surface area contributed by atoms with E-state index in [0.29, 0.717) is 168 Å². The Morgan fingerprint density at radius 2 is 0.693 bits per heavy atom. The van der Waals surface area contributed by atoms with Gasteiger partial charge in [-0.25, -0.2) is 63.5 Å². The van der Waals surface area contributed by atoms with E-state index < -0.39 is 158 Å². The van der Waals surface area contributed by atoms with Gasteiger partial charge in [0, 0.05) is 91.0 Å². The first-order valence-electron chi connectivity index (χ1n) is 46.9. The fraction of sp³-hybridized carbons (Fsp3) is 0.282. The number of aromatic nitrogens is 2. The van der Waals surface area contributed by atoms with Crippen LogP contribution in [0.5, 0.6) is 34.5 Å². The zero-order chi connectivity index (χ0) is 108. The van der Waals surface area contributed by atoms with Crippen LogP contribution in [0.25, 0.3) is 44.5 Å². The molecule has 0 radical (unpaired) electrons. The number of hydrogen-bond donors (Lipinski definition) is 4. The number of benzene rings is 11. The van der Waals surface area contributed by atoms with Gasteiger partial charge in [-0.1, -0.05) is 114 Å². The Bertz CT molecular complexity index is 7260. The number of esters is 4. The summed E-state index contributed by atoms with van der Waals surface area (Å²) < 4.78 is 190. The monoisotopic (exact) mass is 2130 g/mol. The molecule has 4 amide bonds. The average Bonchev–Trinajstić information content (AvgIpc) is 0.847. The molecule has 784 valence electrons. The maximum atomic E-state index is 14.2. The maximum absolute atomic E-state index is 14.2. The van der Waals surface area contributed by atoms with E-state index in [9.17, 15) is 87.5 Å². The molecule has 0 bridgehead atoms. The van der Waals surface area contributed by atoms with Gasteiger partial charge in [-0.3, -0.25) is 28.5 Å². The molecular formula is C110H99Cl3F9N7O21. The summed E-state index contributed by atoms with van der Waals surface area (Å²) in [4.78, 5) is 126. The minimum Gasteiger partial charge on any atom is -0.496 e. The van der Waals surface area contributed by atoms with Crippen LogP contribution >= 0.6 is 34.8 Å². The molecule has 28 nitrogen and oxygen atoms in total. The van der Waals surface area contributed by atoms with Crippen LogP contribution in [0.1, 0.15) is 130 Å². The van der Waals surface area contributed by atoms with E-state index in [1.165, 1.54) is 39.1 Å². The summed E-state index contributed by atoms with van der Waals surface area (Å²) in [6.07, 6.45) is 6.66. The molecule has 0 fully saturated rings. The lowest BCUT2D eigenvalue weighted by Gasteiger charge is -2.26. The number of nitrogens with zero attached hydrogens (tertiary/aromatic N) is 3. The molecular weight excluding hydrogens is 2030 g/mol. The molecule has 5 heterocycles. The number of halogens is 12. The van der Waals surface area contributed by atoms with E-state index in [-0.39, 0.29) is 41.3 Å². The Labute approximate surface area is 868 Å². The van der Waals surface area contributed by atoms with Crippen LogP contribution in [-0.4, -0.2) is 157 Å². The summed E-state index contributed by atoms with van der Waals surface area (Å²) in [5.74, 6) is -13.1. The highest BCUT2D eigenvalue weighted by Gasteiger charge is 2.37. The third-order valence-electron chi connectivity index (χ3n) is 25.0. The highest BCUT2D eigenvalue weighted by molar-refractivity contribution is 6.39. The molecule has 0 unspecified atom stereocenters. The quantitative estimate of drug-likeness (QED) is 0.0192. The molecule has 0 aliphatic carbocycles. The third-order valence-corrected chi connectivity index (χ3v) is 25.9. The molecule has 4 atom stereocenters. The van der Waals surface area contributed by atoms with Gasteiger partial charge in [0.25, 0.3) is 29.2 Å². The van der Waals surface area contributed by atoms with Crippen LogP contribution in [0.2, 0.25) is 15.1 Å².